The number of hydrogen-bond donors (Lipinski definition) is 1. The van der Waals surface area contributed by atoms with E-state index >= 15 is 0 Å². The molecule has 0 heterocycles. The molecule has 1 fully saturated rings. The maximum absolute atomic E-state index is 13.3. The van der Waals surface area contributed by atoms with Gasteiger partial charge in [0.25, 0.3) is 0 Å². The van der Waals surface area contributed by atoms with Crippen LogP contribution in [0.5, 0.6) is 0 Å². The molecule has 0 atom stereocenters. The van der Waals surface area contributed by atoms with E-state index in [1.165, 1.54) is 6.07 Å². The van der Waals surface area contributed by atoms with Gasteiger partial charge >= 0.3 is 0 Å². The van der Waals surface area contributed by atoms with Crippen molar-refractivity contribution in [2.75, 3.05) is 11.9 Å². The molecule has 15 heavy (non-hydrogen) atoms. The van der Waals surface area contributed by atoms with E-state index in [1.807, 2.05) is 0 Å². The number of anilines is 1. The van der Waals surface area contributed by atoms with Crippen LogP contribution < -0.4 is 5.32 Å². The molecule has 0 aliphatic heterocycles. The Bertz CT molecular complexity index is 421. The van der Waals surface area contributed by atoms with Gasteiger partial charge in [-0.1, -0.05) is 15.9 Å². The second-order valence-electron chi connectivity index (χ2n) is 3.87. The fraction of sp³-hybridized carbons (Fsp3) is 0.364. The number of nitriles is 1. The molecular weight excluding hydrogens is 259 g/mol. The van der Waals surface area contributed by atoms with Gasteiger partial charge in [0.05, 0.1) is 17.2 Å². The average molecular weight is 269 g/mol. The van der Waals surface area contributed by atoms with E-state index < -0.39 is 0 Å². The van der Waals surface area contributed by atoms with Gasteiger partial charge in [0, 0.05) is 11.0 Å². The van der Waals surface area contributed by atoms with Crippen LogP contribution in [0.25, 0.3) is 0 Å². The number of halogens is 2. The monoisotopic (exact) mass is 268 g/mol. The first-order valence-electron chi connectivity index (χ1n) is 4.75. The smallest absolute Gasteiger partial charge is 0.146 e. The number of rotatable bonds is 3. The van der Waals surface area contributed by atoms with Crippen molar-refractivity contribution in [3.8, 4) is 6.07 Å². The molecule has 0 amide bonds. The summed E-state index contributed by atoms with van der Waals surface area (Å²) in [6.07, 6.45) is 1.82. The van der Waals surface area contributed by atoms with Crippen LogP contribution in [-0.4, -0.2) is 6.54 Å². The first-order chi connectivity index (χ1) is 7.15. The average Bonchev–Trinajstić information content (AvgIpc) is 3.00. The van der Waals surface area contributed by atoms with Crippen LogP contribution in [-0.2, 0) is 0 Å². The summed E-state index contributed by atoms with van der Waals surface area (Å²) in [6.45, 7) is 0.525. The molecule has 0 bridgehead atoms. The van der Waals surface area contributed by atoms with E-state index in [0.717, 1.165) is 17.3 Å². The molecule has 2 rings (SSSR count). The molecule has 1 saturated carbocycles. The topological polar surface area (TPSA) is 35.8 Å². The minimum atomic E-state index is -0.285. The zero-order chi connectivity index (χ0) is 10.9. The number of nitrogens with one attached hydrogen (secondary N) is 1. The standard InChI is InChI=1S/C11H10BrFN2/c12-8-1-2-9(13)10(5-8)15-7-11(6-14)3-4-11/h1-2,5,15H,3-4,7H2. The Labute approximate surface area is 96.2 Å². The Balaban J connectivity index is 2.05. The number of nitrogens with zero attached hydrogens (tertiary/aromatic N) is 1. The molecule has 2 nitrogen and oxygen atoms in total. The minimum Gasteiger partial charge on any atom is -0.381 e. The highest BCUT2D eigenvalue weighted by atomic mass is 79.9. The van der Waals surface area contributed by atoms with Crippen molar-refractivity contribution in [1.82, 2.24) is 0 Å². The van der Waals surface area contributed by atoms with E-state index in [4.69, 9.17) is 5.26 Å². The molecule has 4 heteroatoms. The lowest BCUT2D eigenvalue weighted by Crippen LogP contribution is -2.14. The summed E-state index contributed by atoms with van der Waals surface area (Å²) < 4.78 is 14.1. The second-order valence-corrected chi connectivity index (χ2v) is 4.79. The summed E-state index contributed by atoms with van der Waals surface area (Å²) in [5.41, 5.74) is 0.195. The summed E-state index contributed by atoms with van der Waals surface area (Å²) in [4.78, 5) is 0. The lowest BCUT2D eigenvalue weighted by molar-refractivity contribution is 0.625. The van der Waals surface area contributed by atoms with Gasteiger partial charge in [-0.2, -0.15) is 5.26 Å². The third kappa shape index (κ3) is 2.29. The maximum atomic E-state index is 13.3. The third-order valence-electron chi connectivity index (χ3n) is 2.64. The van der Waals surface area contributed by atoms with Crippen molar-refractivity contribution < 1.29 is 4.39 Å². The van der Waals surface area contributed by atoms with Crippen LogP contribution >= 0.6 is 15.9 Å². The predicted molar refractivity (Wildman–Crippen MR) is 59.9 cm³/mol. The molecular formula is C11H10BrFN2. The van der Waals surface area contributed by atoms with Crippen molar-refractivity contribution in [3.63, 3.8) is 0 Å². The molecule has 1 N–H and O–H groups in total. The molecule has 0 unspecified atom stereocenters. The van der Waals surface area contributed by atoms with Gasteiger partial charge in [0.15, 0.2) is 0 Å². The Morgan fingerprint density at radius 1 is 1.53 bits per heavy atom. The second kappa shape index (κ2) is 3.82. The van der Waals surface area contributed by atoms with Gasteiger partial charge in [0.2, 0.25) is 0 Å². The quantitative estimate of drug-likeness (QED) is 0.913. The van der Waals surface area contributed by atoms with Gasteiger partial charge < -0.3 is 5.32 Å². The summed E-state index contributed by atoms with van der Waals surface area (Å²) in [6, 6.07) is 7.00. The highest BCUT2D eigenvalue weighted by Crippen LogP contribution is 2.44. The largest absolute Gasteiger partial charge is 0.381 e. The lowest BCUT2D eigenvalue weighted by Gasteiger charge is -2.10. The molecule has 1 aliphatic carbocycles. The van der Waals surface area contributed by atoms with Crippen LogP contribution in [0.15, 0.2) is 22.7 Å². The molecule has 0 aromatic heterocycles. The van der Waals surface area contributed by atoms with Crippen molar-refractivity contribution in [2.24, 2.45) is 5.41 Å². The van der Waals surface area contributed by atoms with Gasteiger partial charge in [-0.15, -0.1) is 0 Å². The Morgan fingerprint density at radius 3 is 2.87 bits per heavy atom. The minimum absolute atomic E-state index is 0.255. The van der Waals surface area contributed by atoms with Gasteiger partial charge in [-0.3, -0.25) is 0 Å². The van der Waals surface area contributed by atoms with Crippen molar-refractivity contribution in [1.29, 1.82) is 5.26 Å². The zero-order valence-electron chi connectivity index (χ0n) is 8.06. The first kappa shape index (κ1) is 10.4. The molecule has 0 saturated heterocycles. The Morgan fingerprint density at radius 2 is 2.27 bits per heavy atom. The summed E-state index contributed by atoms with van der Waals surface area (Å²) in [5, 5.41) is 11.8. The predicted octanol–water partition coefficient (Wildman–Crippen LogP) is 3.30. The van der Waals surface area contributed by atoms with Gasteiger partial charge in [-0.05, 0) is 31.0 Å². The van der Waals surface area contributed by atoms with Crippen LogP contribution in [0.1, 0.15) is 12.8 Å². The fourth-order valence-corrected chi connectivity index (χ4v) is 1.74. The highest BCUT2D eigenvalue weighted by molar-refractivity contribution is 9.10. The van der Waals surface area contributed by atoms with E-state index in [9.17, 15) is 4.39 Å². The first-order valence-corrected chi connectivity index (χ1v) is 5.55. The molecule has 1 aromatic rings. The fourth-order valence-electron chi connectivity index (χ4n) is 1.38. The molecule has 78 valence electrons. The number of benzene rings is 1. The molecule has 0 spiro atoms. The third-order valence-corrected chi connectivity index (χ3v) is 3.13. The Hall–Kier alpha value is -1.08. The highest BCUT2D eigenvalue weighted by Gasteiger charge is 2.42. The Kier molecular flexibility index (Phi) is 2.66. The zero-order valence-corrected chi connectivity index (χ0v) is 9.64. The lowest BCUT2D eigenvalue weighted by atomic mass is 10.1. The van der Waals surface area contributed by atoms with Crippen molar-refractivity contribution in [2.45, 2.75) is 12.8 Å². The maximum Gasteiger partial charge on any atom is 0.146 e. The normalized spacial score (nSPS) is 16.9. The van der Waals surface area contributed by atoms with Crippen LogP contribution in [0, 0.1) is 22.6 Å². The number of hydrogen-bond acceptors (Lipinski definition) is 2. The SMILES string of the molecule is N#CC1(CNc2cc(Br)ccc2F)CC1. The van der Waals surface area contributed by atoms with Crippen molar-refractivity contribution in [3.05, 3.63) is 28.5 Å². The summed E-state index contributed by atoms with van der Waals surface area (Å²) in [7, 11) is 0. The summed E-state index contributed by atoms with van der Waals surface area (Å²) >= 11 is 3.28. The van der Waals surface area contributed by atoms with Crippen LogP contribution in [0.3, 0.4) is 0 Å². The van der Waals surface area contributed by atoms with E-state index in [2.05, 4.69) is 27.3 Å². The van der Waals surface area contributed by atoms with Crippen LogP contribution in [0.4, 0.5) is 10.1 Å². The molecule has 1 aliphatic rings. The van der Waals surface area contributed by atoms with E-state index in [0.29, 0.717) is 12.2 Å². The molecule has 1 aromatic carbocycles. The van der Waals surface area contributed by atoms with Gasteiger partial charge in [0.1, 0.15) is 5.82 Å². The van der Waals surface area contributed by atoms with Gasteiger partial charge in [-0.25, -0.2) is 4.39 Å². The summed E-state index contributed by atoms with van der Waals surface area (Å²) in [5.74, 6) is -0.285. The van der Waals surface area contributed by atoms with E-state index in [1.54, 1.807) is 12.1 Å². The van der Waals surface area contributed by atoms with Crippen LogP contribution in [0.2, 0.25) is 0 Å². The van der Waals surface area contributed by atoms with E-state index in [-0.39, 0.29) is 11.2 Å². The van der Waals surface area contributed by atoms with Crippen molar-refractivity contribution >= 4 is 21.6 Å². The molecule has 0 radical (unpaired) electrons.